The summed E-state index contributed by atoms with van der Waals surface area (Å²) in [6, 6.07) is 3.91. The second-order valence-corrected chi connectivity index (χ2v) is 3.82. The molecule has 0 saturated carbocycles. The summed E-state index contributed by atoms with van der Waals surface area (Å²) < 4.78 is 13.0. The van der Waals surface area contributed by atoms with E-state index in [0.717, 1.165) is 0 Å². The van der Waals surface area contributed by atoms with Gasteiger partial charge < -0.3 is 5.73 Å². The highest BCUT2D eigenvalue weighted by atomic mass is 35.5. The van der Waals surface area contributed by atoms with Gasteiger partial charge in [-0.2, -0.15) is 15.0 Å². The van der Waals surface area contributed by atoms with Gasteiger partial charge in [-0.25, -0.2) is 4.39 Å². The van der Waals surface area contributed by atoms with E-state index in [-0.39, 0.29) is 5.02 Å². The van der Waals surface area contributed by atoms with E-state index in [2.05, 4.69) is 10.2 Å². The molecule has 0 fully saturated rings. The van der Waals surface area contributed by atoms with Crippen molar-refractivity contribution in [2.75, 3.05) is 0 Å². The van der Waals surface area contributed by atoms with Crippen LogP contribution in [0.2, 0.25) is 5.02 Å². The first-order valence-electron chi connectivity index (χ1n) is 4.64. The molecular formula is C10H10ClFN4. The zero-order chi connectivity index (χ0) is 11.7. The first-order valence-corrected chi connectivity index (χ1v) is 5.02. The minimum Gasteiger partial charge on any atom is -0.319 e. The number of hydrogen-bond donors (Lipinski definition) is 1. The van der Waals surface area contributed by atoms with Crippen LogP contribution in [0.25, 0.3) is 0 Å². The number of aromatic nitrogens is 3. The topological polar surface area (TPSA) is 56.7 Å². The SMILES string of the molecule is Cn1ncc(C(N)c2ccc(F)c(Cl)c2)n1. The summed E-state index contributed by atoms with van der Waals surface area (Å²) in [5, 5.41) is 8.06. The molecule has 84 valence electrons. The summed E-state index contributed by atoms with van der Waals surface area (Å²) >= 11 is 5.68. The lowest BCUT2D eigenvalue weighted by Crippen LogP contribution is -2.13. The van der Waals surface area contributed by atoms with Gasteiger partial charge in [-0.3, -0.25) is 0 Å². The molecule has 0 aliphatic rings. The van der Waals surface area contributed by atoms with E-state index < -0.39 is 11.9 Å². The Bertz CT molecular complexity index is 511. The van der Waals surface area contributed by atoms with Crippen LogP contribution in [0.5, 0.6) is 0 Å². The molecule has 0 radical (unpaired) electrons. The van der Waals surface area contributed by atoms with E-state index in [1.165, 1.54) is 16.9 Å². The zero-order valence-electron chi connectivity index (χ0n) is 8.56. The Morgan fingerprint density at radius 2 is 2.25 bits per heavy atom. The quantitative estimate of drug-likeness (QED) is 0.869. The summed E-state index contributed by atoms with van der Waals surface area (Å²) in [5.74, 6) is -0.461. The molecule has 0 aliphatic carbocycles. The third-order valence-electron chi connectivity index (χ3n) is 2.24. The van der Waals surface area contributed by atoms with Crippen LogP contribution in [0.1, 0.15) is 17.3 Å². The van der Waals surface area contributed by atoms with E-state index in [0.29, 0.717) is 11.3 Å². The van der Waals surface area contributed by atoms with E-state index in [1.807, 2.05) is 0 Å². The molecule has 0 bridgehead atoms. The van der Waals surface area contributed by atoms with E-state index >= 15 is 0 Å². The smallest absolute Gasteiger partial charge is 0.141 e. The van der Waals surface area contributed by atoms with Gasteiger partial charge in [0.1, 0.15) is 11.5 Å². The molecule has 2 rings (SSSR count). The molecule has 1 unspecified atom stereocenters. The molecule has 0 spiro atoms. The number of benzene rings is 1. The second kappa shape index (κ2) is 4.19. The molecule has 2 N–H and O–H groups in total. The highest BCUT2D eigenvalue weighted by Gasteiger charge is 2.13. The number of aryl methyl sites for hydroxylation is 1. The molecule has 0 saturated heterocycles. The number of halogens is 2. The fraction of sp³-hybridized carbons (Fsp3) is 0.200. The Kier molecular flexibility index (Phi) is 2.89. The zero-order valence-corrected chi connectivity index (χ0v) is 9.32. The predicted octanol–water partition coefficient (Wildman–Crippen LogP) is 1.66. The lowest BCUT2D eigenvalue weighted by molar-refractivity contribution is 0.624. The largest absolute Gasteiger partial charge is 0.319 e. The predicted molar refractivity (Wildman–Crippen MR) is 58.4 cm³/mol. The van der Waals surface area contributed by atoms with Gasteiger partial charge in [0.15, 0.2) is 0 Å². The molecule has 1 atom stereocenters. The maximum absolute atomic E-state index is 13.0. The Morgan fingerprint density at radius 1 is 1.50 bits per heavy atom. The first-order chi connectivity index (χ1) is 7.58. The van der Waals surface area contributed by atoms with Crippen molar-refractivity contribution in [1.29, 1.82) is 0 Å². The maximum Gasteiger partial charge on any atom is 0.141 e. The fourth-order valence-corrected chi connectivity index (χ4v) is 1.57. The van der Waals surface area contributed by atoms with Crippen LogP contribution in [0.3, 0.4) is 0 Å². The minimum atomic E-state index is -0.461. The van der Waals surface area contributed by atoms with Crippen LogP contribution in [-0.2, 0) is 7.05 Å². The molecule has 0 amide bonds. The van der Waals surface area contributed by atoms with Gasteiger partial charge >= 0.3 is 0 Å². The lowest BCUT2D eigenvalue weighted by atomic mass is 10.1. The van der Waals surface area contributed by atoms with Gasteiger partial charge in [0, 0.05) is 7.05 Å². The van der Waals surface area contributed by atoms with Gasteiger partial charge in [-0.05, 0) is 17.7 Å². The molecule has 16 heavy (non-hydrogen) atoms. The number of nitrogens with zero attached hydrogens (tertiary/aromatic N) is 3. The summed E-state index contributed by atoms with van der Waals surface area (Å²) in [4.78, 5) is 1.42. The fourth-order valence-electron chi connectivity index (χ4n) is 1.38. The summed E-state index contributed by atoms with van der Waals surface area (Å²) in [5.41, 5.74) is 7.27. The van der Waals surface area contributed by atoms with Gasteiger partial charge in [0.05, 0.1) is 17.3 Å². The highest BCUT2D eigenvalue weighted by molar-refractivity contribution is 6.30. The molecule has 0 aliphatic heterocycles. The summed E-state index contributed by atoms with van der Waals surface area (Å²) in [7, 11) is 1.70. The van der Waals surface area contributed by atoms with Gasteiger partial charge in [0.2, 0.25) is 0 Å². The van der Waals surface area contributed by atoms with Crippen LogP contribution >= 0.6 is 11.6 Å². The van der Waals surface area contributed by atoms with Crippen molar-refractivity contribution < 1.29 is 4.39 Å². The number of hydrogen-bond acceptors (Lipinski definition) is 3. The average Bonchev–Trinajstić information content (AvgIpc) is 2.68. The van der Waals surface area contributed by atoms with Gasteiger partial charge in [-0.1, -0.05) is 17.7 Å². The van der Waals surface area contributed by atoms with Crippen molar-refractivity contribution in [2.45, 2.75) is 6.04 Å². The second-order valence-electron chi connectivity index (χ2n) is 3.41. The number of rotatable bonds is 2. The van der Waals surface area contributed by atoms with Crippen molar-refractivity contribution in [3.63, 3.8) is 0 Å². The summed E-state index contributed by atoms with van der Waals surface area (Å²) in [6.07, 6.45) is 1.57. The normalized spacial score (nSPS) is 12.8. The van der Waals surface area contributed by atoms with E-state index in [4.69, 9.17) is 17.3 Å². The van der Waals surface area contributed by atoms with Crippen LogP contribution in [-0.4, -0.2) is 15.0 Å². The average molecular weight is 241 g/mol. The van der Waals surface area contributed by atoms with Gasteiger partial charge in [-0.15, -0.1) is 0 Å². The maximum atomic E-state index is 13.0. The molecule has 1 aromatic carbocycles. The van der Waals surface area contributed by atoms with Crippen LogP contribution < -0.4 is 5.73 Å². The number of nitrogens with two attached hydrogens (primary N) is 1. The standard InChI is InChI=1S/C10H10ClFN4/c1-16-14-5-9(15-16)10(13)6-2-3-8(12)7(11)4-6/h2-5,10H,13H2,1H3. The van der Waals surface area contributed by atoms with Crippen molar-refractivity contribution in [2.24, 2.45) is 12.8 Å². The van der Waals surface area contributed by atoms with Crippen molar-refractivity contribution in [3.8, 4) is 0 Å². The van der Waals surface area contributed by atoms with Crippen LogP contribution in [0.15, 0.2) is 24.4 Å². The van der Waals surface area contributed by atoms with Crippen molar-refractivity contribution >= 4 is 11.6 Å². The Balaban J connectivity index is 2.33. The van der Waals surface area contributed by atoms with E-state index in [1.54, 1.807) is 19.3 Å². The van der Waals surface area contributed by atoms with Crippen LogP contribution in [0, 0.1) is 5.82 Å². The Morgan fingerprint density at radius 3 is 2.81 bits per heavy atom. The monoisotopic (exact) mass is 240 g/mol. The third kappa shape index (κ3) is 2.05. The molecule has 1 aromatic heterocycles. The van der Waals surface area contributed by atoms with Crippen LogP contribution in [0.4, 0.5) is 4.39 Å². The van der Waals surface area contributed by atoms with Crippen molar-refractivity contribution in [1.82, 2.24) is 15.0 Å². The minimum absolute atomic E-state index is 0.0526. The highest BCUT2D eigenvalue weighted by Crippen LogP contribution is 2.22. The van der Waals surface area contributed by atoms with Gasteiger partial charge in [0.25, 0.3) is 0 Å². The lowest BCUT2D eigenvalue weighted by Gasteiger charge is -2.09. The molecular weight excluding hydrogens is 231 g/mol. The molecule has 4 nitrogen and oxygen atoms in total. The Labute approximate surface area is 96.8 Å². The summed E-state index contributed by atoms with van der Waals surface area (Å²) in [6.45, 7) is 0. The first kappa shape index (κ1) is 11.0. The molecule has 1 heterocycles. The van der Waals surface area contributed by atoms with E-state index in [9.17, 15) is 4.39 Å². The molecule has 6 heteroatoms. The third-order valence-corrected chi connectivity index (χ3v) is 2.53. The Hall–Kier alpha value is -1.46. The van der Waals surface area contributed by atoms with Crippen molar-refractivity contribution in [3.05, 3.63) is 46.5 Å². The molecule has 2 aromatic rings.